The van der Waals surface area contributed by atoms with Gasteiger partial charge in [-0.2, -0.15) is 0 Å². The number of carboxylic acid groups (broad SMARTS) is 1. The van der Waals surface area contributed by atoms with E-state index in [1.165, 1.54) is 12.4 Å². The lowest BCUT2D eigenvalue weighted by Crippen LogP contribution is -2.07. The number of halogens is 2. The van der Waals surface area contributed by atoms with Gasteiger partial charge in [-0.05, 0) is 22.0 Å². The molecule has 2 aromatic rings. The number of carbonyl (C=O) groups is 1. The number of carboxylic acids is 1. The maximum Gasteiger partial charge on any atom is 0.338 e. The van der Waals surface area contributed by atoms with Gasteiger partial charge in [0.05, 0.1) is 34.6 Å². The summed E-state index contributed by atoms with van der Waals surface area (Å²) in [5, 5.41) is 22.5. The minimum Gasteiger partial charge on any atom is -0.478 e. The monoisotopic (exact) mass is 356 g/mol. The van der Waals surface area contributed by atoms with Crippen LogP contribution in [0.1, 0.15) is 10.4 Å². The third-order valence-electron chi connectivity index (χ3n) is 2.40. The van der Waals surface area contributed by atoms with Crippen LogP contribution in [0.25, 0.3) is 0 Å². The zero-order valence-corrected chi connectivity index (χ0v) is 11.7. The summed E-state index contributed by atoms with van der Waals surface area (Å²) in [6.45, 7) is 0. The number of aromatic nitrogens is 2. The number of hydrogen-bond donors (Lipinski definition) is 2. The van der Waals surface area contributed by atoms with Crippen LogP contribution >= 0.6 is 15.9 Å². The smallest absolute Gasteiger partial charge is 0.338 e. The fourth-order valence-electron chi connectivity index (χ4n) is 1.56. The van der Waals surface area contributed by atoms with Gasteiger partial charge in [0, 0.05) is 0 Å². The highest BCUT2D eigenvalue weighted by Gasteiger charge is 2.24. The van der Waals surface area contributed by atoms with Crippen molar-refractivity contribution in [1.82, 2.24) is 9.97 Å². The summed E-state index contributed by atoms with van der Waals surface area (Å²) >= 11 is 3.01. The van der Waals surface area contributed by atoms with Crippen molar-refractivity contribution in [2.24, 2.45) is 0 Å². The zero-order chi connectivity index (χ0) is 15.6. The predicted octanol–water partition coefficient (Wildman–Crippen LogP) is 2.73. The maximum atomic E-state index is 13.3. The van der Waals surface area contributed by atoms with Crippen LogP contribution in [0.3, 0.4) is 0 Å². The van der Waals surface area contributed by atoms with Gasteiger partial charge in [0.2, 0.25) is 0 Å². The predicted molar refractivity (Wildman–Crippen MR) is 73.0 cm³/mol. The quantitative estimate of drug-likeness (QED) is 0.491. The van der Waals surface area contributed by atoms with Crippen LogP contribution in [0, 0.1) is 15.9 Å². The van der Waals surface area contributed by atoms with E-state index in [0.29, 0.717) is 16.9 Å². The van der Waals surface area contributed by atoms with E-state index < -0.39 is 28.0 Å². The Morgan fingerprint density at radius 1 is 1.38 bits per heavy atom. The van der Waals surface area contributed by atoms with E-state index in [1.54, 1.807) is 0 Å². The van der Waals surface area contributed by atoms with Gasteiger partial charge in [0.25, 0.3) is 5.69 Å². The molecular formula is C11H6BrFN4O4. The largest absolute Gasteiger partial charge is 0.478 e. The molecule has 0 saturated heterocycles. The van der Waals surface area contributed by atoms with Crippen LogP contribution < -0.4 is 5.32 Å². The van der Waals surface area contributed by atoms with Crippen molar-refractivity contribution >= 4 is 39.0 Å². The van der Waals surface area contributed by atoms with Gasteiger partial charge < -0.3 is 10.4 Å². The van der Waals surface area contributed by atoms with Gasteiger partial charge >= 0.3 is 5.97 Å². The molecule has 0 aliphatic heterocycles. The molecule has 10 heteroatoms. The van der Waals surface area contributed by atoms with Crippen molar-refractivity contribution < 1.29 is 19.2 Å². The van der Waals surface area contributed by atoms with Crippen LogP contribution in [0.4, 0.5) is 21.5 Å². The van der Waals surface area contributed by atoms with Gasteiger partial charge in [-0.15, -0.1) is 0 Å². The fourth-order valence-corrected chi connectivity index (χ4v) is 1.76. The number of benzene rings is 1. The first kappa shape index (κ1) is 14.8. The molecule has 0 spiro atoms. The third kappa shape index (κ3) is 3.28. The topological polar surface area (TPSA) is 118 Å². The summed E-state index contributed by atoms with van der Waals surface area (Å²) < 4.78 is 13.6. The molecule has 0 saturated carbocycles. The number of anilines is 2. The first-order chi connectivity index (χ1) is 9.88. The van der Waals surface area contributed by atoms with Crippen LogP contribution in [0.2, 0.25) is 0 Å². The summed E-state index contributed by atoms with van der Waals surface area (Å²) in [6, 6.07) is 1.33. The normalized spacial score (nSPS) is 10.2. The first-order valence-corrected chi connectivity index (χ1v) is 6.13. The molecule has 0 atom stereocenters. The Kier molecular flexibility index (Phi) is 4.08. The molecule has 0 aliphatic rings. The number of nitro benzene ring substituents is 1. The lowest BCUT2D eigenvalue weighted by atomic mass is 10.1. The van der Waals surface area contributed by atoms with Gasteiger partial charge in [-0.25, -0.2) is 19.2 Å². The Hall–Kier alpha value is -2.62. The Morgan fingerprint density at radius 3 is 2.52 bits per heavy atom. The average Bonchev–Trinajstić information content (AvgIpc) is 2.42. The molecule has 1 aromatic carbocycles. The van der Waals surface area contributed by atoms with Crippen molar-refractivity contribution in [3.63, 3.8) is 0 Å². The number of aromatic carboxylic acids is 1. The van der Waals surface area contributed by atoms with E-state index in [9.17, 15) is 19.3 Å². The Labute approximate surface area is 124 Å². The van der Waals surface area contributed by atoms with Gasteiger partial charge in [-0.3, -0.25) is 10.1 Å². The maximum absolute atomic E-state index is 13.3. The molecule has 2 N–H and O–H groups in total. The van der Waals surface area contributed by atoms with Crippen LogP contribution in [0.15, 0.2) is 29.3 Å². The number of nitrogens with one attached hydrogen (secondary N) is 1. The van der Waals surface area contributed by atoms with E-state index in [4.69, 9.17) is 5.11 Å². The SMILES string of the molecule is O=C(O)c1cc(F)cc([N+](=O)[O-])c1Nc1cnc(Br)nc1. The lowest BCUT2D eigenvalue weighted by molar-refractivity contribution is -0.384. The molecule has 8 nitrogen and oxygen atoms in total. The second kappa shape index (κ2) is 5.79. The Morgan fingerprint density at radius 2 is 2.00 bits per heavy atom. The van der Waals surface area contributed by atoms with E-state index in [0.717, 1.165) is 0 Å². The summed E-state index contributed by atoms with van der Waals surface area (Å²) in [5.41, 5.74) is -1.39. The van der Waals surface area contributed by atoms with E-state index in [-0.39, 0.29) is 11.4 Å². The molecule has 0 unspecified atom stereocenters. The van der Waals surface area contributed by atoms with Crippen molar-refractivity contribution in [2.45, 2.75) is 0 Å². The van der Waals surface area contributed by atoms with Crippen molar-refractivity contribution in [2.75, 3.05) is 5.32 Å². The molecule has 0 bridgehead atoms. The second-order valence-electron chi connectivity index (χ2n) is 3.78. The molecule has 1 aromatic heterocycles. The number of hydrogen-bond acceptors (Lipinski definition) is 6. The Balaban J connectivity index is 2.56. The molecular weight excluding hydrogens is 351 g/mol. The molecule has 0 amide bonds. The van der Waals surface area contributed by atoms with Gasteiger partial charge in [0.1, 0.15) is 11.5 Å². The number of rotatable bonds is 4. The summed E-state index contributed by atoms with van der Waals surface area (Å²) in [5.74, 6) is -2.52. The van der Waals surface area contributed by atoms with Crippen molar-refractivity contribution in [3.05, 3.63) is 50.8 Å². The highest BCUT2D eigenvalue weighted by atomic mass is 79.9. The molecule has 2 rings (SSSR count). The Bertz CT molecular complexity index is 688. The van der Waals surface area contributed by atoms with Gasteiger partial charge in [0.15, 0.2) is 4.73 Å². The van der Waals surface area contributed by atoms with E-state index in [1.807, 2.05) is 0 Å². The first-order valence-electron chi connectivity index (χ1n) is 5.34. The number of nitrogens with zero attached hydrogens (tertiary/aromatic N) is 3. The minimum absolute atomic E-state index is 0.218. The van der Waals surface area contributed by atoms with Crippen molar-refractivity contribution in [1.29, 1.82) is 0 Å². The fraction of sp³-hybridized carbons (Fsp3) is 0. The lowest BCUT2D eigenvalue weighted by Gasteiger charge is -2.09. The molecule has 0 fully saturated rings. The van der Waals surface area contributed by atoms with Crippen LogP contribution in [-0.4, -0.2) is 26.0 Å². The molecule has 21 heavy (non-hydrogen) atoms. The summed E-state index contributed by atoms with van der Waals surface area (Å²) in [4.78, 5) is 28.8. The summed E-state index contributed by atoms with van der Waals surface area (Å²) in [6.07, 6.45) is 2.57. The highest BCUT2D eigenvalue weighted by molar-refractivity contribution is 9.10. The number of nitro groups is 1. The molecule has 1 heterocycles. The molecule has 108 valence electrons. The highest BCUT2D eigenvalue weighted by Crippen LogP contribution is 2.32. The standard InChI is InChI=1S/C11H6BrFN4O4/c12-11-14-3-6(4-15-11)16-9-7(10(18)19)1-5(13)2-8(9)17(20)21/h1-4,16H,(H,18,19). The van der Waals surface area contributed by atoms with Crippen LogP contribution in [0.5, 0.6) is 0 Å². The average molecular weight is 357 g/mol. The second-order valence-corrected chi connectivity index (χ2v) is 4.48. The third-order valence-corrected chi connectivity index (χ3v) is 2.81. The summed E-state index contributed by atoms with van der Waals surface area (Å²) in [7, 11) is 0. The molecule has 0 radical (unpaired) electrons. The van der Waals surface area contributed by atoms with E-state index in [2.05, 4.69) is 31.2 Å². The van der Waals surface area contributed by atoms with Crippen LogP contribution in [-0.2, 0) is 0 Å². The van der Waals surface area contributed by atoms with E-state index >= 15 is 0 Å². The van der Waals surface area contributed by atoms with Crippen molar-refractivity contribution in [3.8, 4) is 0 Å². The van der Waals surface area contributed by atoms with Gasteiger partial charge in [-0.1, -0.05) is 0 Å². The minimum atomic E-state index is -1.50. The zero-order valence-electron chi connectivity index (χ0n) is 10.1. The molecule has 0 aliphatic carbocycles.